The van der Waals surface area contributed by atoms with Crippen LogP contribution in [0.1, 0.15) is 40.0 Å². The maximum atomic E-state index is 12.3. The first-order valence-electron chi connectivity index (χ1n) is 6.71. The zero-order valence-corrected chi connectivity index (χ0v) is 12.1. The van der Waals surface area contributed by atoms with Crippen molar-refractivity contribution in [1.82, 2.24) is 5.32 Å². The summed E-state index contributed by atoms with van der Waals surface area (Å²) in [6, 6.07) is 13.6. The minimum Gasteiger partial charge on any atom is -0.398 e. The lowest BCUT2D eigenvalue weighted by Gasteiger charge is -2.16. The lowest BCUT2D eigenvalue weighted by Crippen LogP contribution is -2.28. The van der Waals surface area contributed by atoms with Gasteiger partial charge in [-0.2, -0.15) is 0 Å². The van der Waals surface area contributed by atoms with Crippen molar-refractivity contribution in [2.45, 2.75) is 26.8 Å². The number of carbonyl (C=O) groups is 1. The summed E-state index contributed by atoms with van der Waals surface area (Å²) in [6.07, 6.45) is 0. The summed E-state index contributed by atoms with van der Waals surface area (Å²) in [7, 11) is 0. The molecule has 104 valence electrons. The summed E-state index contributed by atoms with van der Waals surface area (Å²) in [6.45, 7) is 5.90. The normalized spacial score (nSPS) is 11.9. The maximum absolute atomic E-state index is 12.3. The molecule has 0 saturated carbocycles. The van der Waals surface area contributed by atoms with Crippen molar-refractivity contribution in [2.24, 2.45) is 0 Å². The topological polar surface area (TPSA) is 55.1 Å². The van der Waals surface area contributed by atoms with Gasteiger partial charge in [0, 0.05) is 5.69 Å². The van der Waals surface area contributed by atoms with E-state index in [9.17, 15) is 4.79 Å². The molecule has 3 nitrogen and oxygen atoms in total. The van der Waals surface area contributed by atoms with Crippen molar-refractivity contribution in [3.05, 3.63) is 64.7 Å². The van der Waals surface area contributed by atoms with Crippen LogP contribution in [0.4, 0.5) is 5.69 Å². The molecule has 0 bridgehead atoms. The number of hydrogen-bond acceptors (Lipinski definition) is 2. The molecule has 1 amide bonds. The van der Waals surface area contributed by atoms with Gasteiger partial charge in [0.05, 0.1) is 11.6 Å². The van der Waals surface area contributed by atoms with E-state index in [1.54, 1.807) is 6.07 Å². The van der Waals surface area contributed by atoms with Crippen molar-refractivity contribution in [1.29, 1.82) is 0 Å². The van der Waals surface area contributed by atoms with Crippen LogP contribution < -0.4 is 11.1 Å². The third-order valence-corrected chi connectivity index (χ3v) is 3.46. The average Bonchev–Trinajstić information content (AvgIpc) is 2.39. The van der Waals surface area contributed by atoms with Crippen LogP contribution in [0.5, 0.6) is 0 Å². The largest absolute Gasteiger partial charge is 0.398 e. The number of rotatable bonds is 3. The van der Waals surface area contributed by atoms with Crippen molar-refractivity contribution in [3.63, 3.8) is 0 Å². The zero-order valence-electron chi connectivity index (χ0n) is 12.1. The molecule has 20 heavy (non-hydrogen) atoms. The molecule has 2 rings (SSSR count). The zero-order chi connectivity index (χ0) is 14.7. The molecular weight excluding hydrogens is 248 g/mol. The summed E-state index contributed by atoms with van der Waals surface area (Å²) in [5.41, 5.74) is 10.1. The van der Waals surface area contributed by atoms with Gasteiger partial charge < -0.3 is 11.1 Å². The smallest absolute Gasteiger partial charge is 0.254 e. The Kier molecular flexibility index (Phi) is 4.08. The molecule has 0 saturated heterocycles. The Bertz CT molecular complexity index is 597. The molecule has 0 aliphatic carbocycles. The Balaban J connectivity index is 2.17. The van der Waals surface area contributed by atoms with Crippen molar-refractivity contribution < 1.29 is 4.79 Å². The molecular formula is C17H20N2O. The Hall–Kier alpha value is -2.29. The summed E-state index contributed by atoms with van der Waals surface area (Å²) in [5, 5.41) is 2.99. The van der Waals surface area contributed by atoms with E-state index >= 15 is 0 Å². The number of anilines is 1. The van der Waals surface area contributed by atoms with Crippen LogP contribution in [0.25, 0.3) is 0 Å². The average molecular weight is 268 g/mol. The molecule has 2 aromatic rings. The first-order chi connectivity index (χ1) is 9.49. The van der Waals surface area contributed by atoms with E-state index in [1.807, 2.05) is 57.2 Å². The van der Waals surface area contributed by atoms with Gasteiger partial charge >= 0.3 is 0 Å². The Morgan fingerprint density at radius 2 is 1.75 bits per heavy atom. The highest BCUT2D eigenvalue weighted by Crippen LogP contribution is 2.19. The molecule has 0 aliphatic heterocycles. The second kappa shape index (κ2) is 5.78. The molecule has 1 unspecified atom stereocenters. The highest BCUT2D eigenvalue weighted by Gasteiger charge is 2.15. The predicted molar refractivity (Wildman–Crippen MR) is 82.7 cm³/mol. The molecule has 0 aliphatic rings. The lowest BCUT2D eigenvalue weighted by atomic mass is 10.0. The van der Waals surface area contributed by atoms with Gasteiger partial charge in [-0.1, -0.05) is 42.0 Å². The second-order valence-corrected chi connectivity index (χ2v) is 5.14. The van der Waals surface area contributed by atoms with Crippen molar-refractivity contribution in [2.75, 3.05) is 5.73 Å². The first kappa shape index (κ1) is 14.1. The number of amides is 1. The second-order valence-electron chi connectivity index (χ2n) is 5.14. The number of carbonyl (C=O) groups excluding carboxylic acids is 1. The molecule has 3 N–H and O–H groups in total. The third-order valence-electron chi connectivity index (χ3n) is 3.46. The number of nitrogen functional groups attached to an aromatic ring is 1. The predicted octanol–water partition coefficient (Wildman–Crippen LogP) is 3.38. The molecule has 0 aromatic heterocycles. The van der Waals surface area contributed by atoms with E-state index in [0.29, 0.717) is 11.3 Å². The van der Waals surface area contributed by atoms with Crippen LogP contribution in [0.3, 0.4) is 0 Å². The van der Waals surface area contributed by atoms with Gasteiger partial charge in [0.15, 0.2) is 0 Å². The summed E-state index contributed by atoms with van der Waals surface area (Å²) in [4.78, 5) is 12.3. The Labute approximate surface area is 119 Å². The third kappa shape index (κ3) is 2.99. The van der Waals surface area contributed by atoms with Gasteiger partial charge in [-0.3, -0.25) is 4.79 Å². The molecule has 0 fully saturated rings. The molecule has 0 radical (unpaired) electrons. The van der Waals surface area contributed by atoms with Crippen molar-refractivity contribution in [3.8, 4) is 0 Å². The molecule has 1 atom stereocenters. The van der Waals surface area contributed by atoms with Crippen LogP contribution in [0.2, 0.25) is 0 Å². The minimum absolute atomic E-state index is 0.0536. The highest BCUT2D eigenvalue weighted by atomic mass is 16.1. The fraction of sp³-hybridized carbons (Fsp3) is 0.235. The molecule has 2 aromatic carbocycles. The van der Waals surface area contributed by atoms with E-state index in [0.717, 1.165) is 11.1 Å². The van der Waals surface area contributed by atoms with Crippen LogP contribution in [-0.4, -0.2) is 5.91 Å². The van der Waals surface area contributed by atoms with E-state index < -0.39 is 0 Å². The van der Waals surface area contributed by atoms with E-state index in [2.05, 4.69) is 5.32 Å². The number of benzene rings is 2. The fourth-order valence-corrected chi connectivity index (χ4v) is 2.21. The monoisotopic (exact) mass is 268 g/mol. The first-order valence-corrected chi connectivity index (χ1v) is 6.71. The standard InChI is InChI=1S/C17H20N2O/c1-11-7-9-14(10-8-11)13(3)19-17(20)16-12(2)5-4-6-15(16)18/h4-10,13H,18H2,1-3H3,(H,19,20). The number of hydrogen-bond donors (Lipinski definition) is 2. The van der Waals surface area contributed by atoms with Crippen molar-refractivity contribution >= 4 is 11.6 Å². The van der Waals surface area contributed by atoms with Crippen LogP contribution >= 0.6 is 0 Å². The van der Waals surface area contributed by atoms with Crippen LogP contribution in [-0.2, 0) is 0 Å². The van der Waals surface area contributed by atoms with Gasteiger partial charge in [0.1, 0.15) is 0 Å². The van der Waals surface area contributed by atoms with Gasteiger partial charge in [0.25, 0.3) is 5.91 Å². The van der Waals surface area contributed by atoms with E-state index in [4.69, 9.17) is 5.73 Å². The van der Waals surface area contributed by atoms with Gasteiger partial charge in [-0.15, -0.1) is 0 Å². The summed E-state index contributed by atoms with van der Waals surface area (Å²) in [5.74, 6) is -0.131. The van der Waals surface area contributed by atoms with Crippen LogP contribution in [0.15, 0.2) is 42.5 Å². The molecule has 0 heterocycles. The Morgan fingerprint density at radius 1 is 1.10 bits per heavy atom. The Morgan fingerprint density at radius 3 is 2.35 bits per heavy atom. The number of nitrogens with one attached hydrogen (secondary N) is 1. The van der Waals surface area contributed by atoms with E-state index in [1.165, 1.54) is 5.56 Å². The SMILES string of the molecule is Cc1ccc(C(C)NC(=O)c2c(C)cccc2N)cc1. The van der Waals surface area contributed by atoms with Gasteiger partial charge in [-0.05, 0) is 38.0 Å². The molecule has 3 heteroatoms. The summed E-state index contributed by atoms with van der Waals surface area (Å²) >= 11 is 0. The minimum atomic E-state index is -0.131. The lowest BCUT2D eigenvalue weighted by molar-refractivity contribution is 0.0940. The summed E-state index contributed by atoms with van der Waals surface area (Å²) < 4.78 is 0. The molecule has 0 spiro atoms. The number of nitrogens with two attached hydrogens (primary N) is 1. The van der Waals surface area contributed by atoms with Crippen LogP contribution in [0, 0.1) is 13.8 Å². The highest BCUT2D eigenvalue weighted by molar-refractivity contribution is 6.00. The maximum Gasteiger partial charge on any atom is 0.254 e. The fourth-order valence-electron chi connectivity index (χ4n) is 2.21. The van der Waals surface area contributed by atoms with Gasteiger partial charge in [0.2, 0.25) is 0 Å². The quantitative estimate of drug-likeness (QED) is 0.838. The van der Waals surface area contributed by atoms with Gasteiger partial charge in [-0.25, -0.2) is 0 Å². The number of aryl methyl sites for hydroxylation is 2. The van der Waals surface area contributed by atoms with E-state index in [-0.39, 0.29) is 11.9 Å².